The molecule has 0 bridgehead atoms. The van der Waals surface area contributed by atoms with E-state index in [1.54, 1.807) is 6.07 Å². The number of amides is 1. The third-order valence-electron chi connectivity index (χ3n) is 2.78. The highest BCUT2D eigenvalue weighted by atomic mass is 35.5. The van der Waals surface area contributed by atoms with Crippen LogP contribution in [-0.4, -0.2) is 18.6 Å². The van der Waals surface area contributed by atoms with Gasteiger partial charge in [0.05, 0.1) is 13.0 Å². The smallest absolute Gasteiger partial charge is 0.223 e. The van der Waals surface area contributed by atoms with Crippen molar-refractivity contribution in [2.45, 2.75) is 31.8 Å². The van der Waals surface area contributed by atoms with E-state index in [1.807, 2.05) is 12.1 Å². The third kappa shape index (κ3) is 3.89. The number of benzene rings is 1. The van der Waals surface area contributed by atoms with E-state index in [-0.39, 0.29) is 5.91 Å². The summed E-state index contributed by atoms with van der Waals surface area (Å²) in [7, 11) is 0. The summed E-state index contributed by atoms with van der Waals surface area (Å²) in [6.45, 7) is 0.764. The maximum Gasteiger partial charge on any atom is 0.223 e. The fourth-order valence-corrected chi connectivity index (χ4v) is 1.82. The predicted octanol–water partition coefficient (Wildman–Crippen LogP) is 1.85. The quantitative estimate of drug-likeness (QED) is 0.828. The maximum atomic E-state index is 11.4. The van der Waals surface area contributed by atoms with Crippen LogP contribution in [0.3, 0.4) is 0 Å². The Labute approximate surface area is 111 Å². The highest BCUT2D eigenvalue weighted by Gasteiger charge is 2.22. The predicted molar refractivity (Wildman–Crippen MR) is 70.6 cm³/mol. The van der Waals surface area contributed by atoms with Crippen molar-refractivity contribution < 1.29 is 9.53 Å². The molecule has 0 saturated heterocycles. The first kappa shape index (κ1) is 13.2. The normalized spacial score (nSPS) is 14.3. The number of rotatable bonds is 6. The summed E-state index contributed by atoms with van der Waals surface area (Å²) >= 11 is 6.01. The van der Waals surface area contributed by atoms with Crippen LogP contribution in [0.2, 0.25) is 5.02 Å². The SMILES string of the molecule is NCc1ccc(OCCC(=O)NC2CC2)cc1Cl. The summed E-state index contributed by atoms with van der Waals surface area (Å²) in [6, 6.07) is 5.77. The number of hydrogen-bond donors (Lipinski definition) is 2. The van der Waals surface area contributed by atoms with Crippen molar-refractivity contribution in [1.29, 1.82) is 0 Å². The zero-order chi connectivity index (χ0) is 13.0. The molecule has 1 aliphatic rings. The van der Waals surface area contributed by atoms with Gasteiger partial charge < -0.3 is 15.8 Å². The Kier molecular flexibility index (Phi) is 4.44. The summed E-state index contributed by atoms with van der Waals surface area (Å²) in [5.74, 6) is 0.707. The van der Waals surface area contributed by atoms with Gasteiger partial charge in [-0.25, -0.2) is 0 Å². The minimum Gasteiger partial charge on any atom is -0.493 e. The van der Waals surface area contributed by atoms with Crippen LogP contribution < -0.4 is 15.8 Å². The number of carbonyl (C=O) groups excluding carboxylic acids is 1. The number of carbonyl (C=O) groups is 1. The number of nitrogens with one attached hydrogen (secondary N) is 1. The molecule has 5 heteroatoms. The number of nitrogens with two attached hydrogens (primary N) is 1. The van der Waals surface area contributed by atoms with Crippen molar-refractivity contribution in [1.82, 2.24) is 5.32 Å². The summed E-state index contributed by atoms with van der Waals surface area (Å²) in [4.78, 5) is 11.4. The summed E-state index contributed by atoms with van der Waals surface area (Å²) < 4.78 is 5.47. The molecule has 4 nitrogen and oxygen atoms in total. The minimum absolute atomic E-state index is 0.0437. The van der Waals surface area contributed by atoms with Crippen molar-refractivity contribution in [3.8, 4) is 5.75 Å². The summed E-state index contributed by atoms with van der Waals surface area (Å²) in [6.07, 6.45) is 2.57. The van der Waals surface area contributed by atoms with Gasteiger partial charge in [0.25, 0.3) is 0 Å². The molecular formula is C13H17ClN2O2. The van der Waals surface area contributed by atoms with Gasteiger partial charge in [0, 0.05) is 17.6 Å². The second-order valence-electron chi connectivity index (χ2n) is 4.40. The van der Waals surface area contributed by atoms with E-state index >= 15 is 0 Å². The molecule has 0 radical (unpaired) electrons. The van der Waals surface area contributed by atoms with E-state index in [0.29, 0.717) is 36.4 Å². The summed E-state index contributed by atoms with van der Waals surface area (Å²) in [5.41, 5.74) is 6.40. The highest BCUT2D eigenvalue weighted by molar-refractivity contribution is 6.31. The van der Waals surface area contributed by atoms with Crippen LogP contribution in [-0.2, 0) is 11.3 Å². The average Bonchev–Trinajstić information content (AvgIpc) is 3.13. The van der Waals surface area contributed by atoms with E-state index in [9.17, 15) is 4.79 Å². The molecule has 3 N–H and O–H groups in total. The lowest BCUT2D eigenvalue weighted by Crippen LogP contribution is -2.26. The van der Waals surface area contributed by atoms with Crippen LogP contribution in [0.4, 0.5) is 0 Å². The molecule has 1 saturated carbocycles. The van der Waals surface area contributed by atoms with Gasteiger partial charge in [0.15, 0.2) is 0 Å². The molecule has 1 amide bonds. The first-order valence-electron chi connectivity index (χ1n) is 6.09. The lowest BCUT2D eigenvalue weighted by atomic mass is 10.2. The Morgan fingerprint density at radius 2 is 2.28 bits per heavy atom. The van der Waals surface area contributed by atoms with Crippen molar-refractivity contribution in [3.05, 3.63) is 28.8 Å². The van der Waals surface area contributed by atoms with Crippen LogP contribution >= 0.6 is 11.6 Å². The molecule has 98 valence electrons. The fourth-order valence-electron chi connectivity index (χ4n) is 1.57. The molecule has 2 rings (SSSR count). The second kappa shape index (κ2) is 6.07. The molecule has 0 atom stereocenters. The Bertz CT molecular complexity index is 433. The lowest BCUT2D eigenvalue weighted by molar-refractivity contribution is -0.121. The van der Waals surface area contributed by atoms with Gasteiger partial charge in [-0.15, -0.1) is 0 Å². The Morgan fingerprint density at radius 3 is 2.89 bits per heavy atom. The molecule has 1 aliphatic carbocycles. The van der Waals surface area contributed by atoms with Crippen molar-refractivity contribution in [2.75, 3.05) is 6.61 Å². The van der Waals surface area contributed by atoms with Gasteiger partial charge in [0.1, 0.15) is 5.75 Å². The zero-order valence-corrected chi connectivity index (χ0v) is 10.9. The van der Waals surface area contributed by atoms with Gasteiger partial charge in [0.2, 0.25) is 5.91 Å². The van der Waals surface area contributed by atoms with E-state index in [0.717, 1.165) is 18.4 Å². The van der Waals surface area contributed by atoms with E-state index < -0.39 is 0 Å². The number of halogens is 1. The first-order chi connectivity index (χ1) is 8.69. The van der Waals surface area contributed by atoms with E-state index in [1.165, 1.54) is 0 Å². The topological polar surface area (TPSA) is 64.3 Å². The third-order valence-corrected chi connectivity index (χ3v) is 3.14. The molecule has 0 heterocycles. The monoisotopic (exact) mass is 268 g/mol. The second-order valence-corrected chi connectivity index (χ2v) is 4.80. The lowest BCUT2D eigenvalue weighted by Gasteiger charge is -2.08. The first-order valence-corrected chi connectivity index (χ1v) is 6.47. The molecular weight excluding hydrogens is 252 g/mol. The molecule has 1 aromatic rings. The maximum absolute atomic E-state index is 11.4. The highest BCUT2D eigenvalue weighted by Crippen LogP contribution is 2.22. The molecule has 0 unspecified atom stereocenters. The van der Waals surface area contributed by atoms with Crippen molar-refractivity contribution in [3.63, 3.8) is 0 Å². The van der Waals surface area contributed by atoms with Crippen LogP contribution in [0.15, 0.2) is 18.2 Å². The van der Waals surface area contributed by atoms with Gasteiger partial charge in [-0.3, -0.25) is 4.79 Å². The van der Waals surface area contributed by atoms with Gasteiger partial charge >= 0.3 is 0 Å². The molecule has 18 heavy (non-hydrogen) atoms. The Balaban J connectivity index is 1.75. The standard InChI is InChI=1S/C13H17ClN2O2/c14-12-7-11(4-1-9(12)8-15)18-6-5-13(17)16-10-2-3-10/h1,4,7,10H,2-3,5-6,8,15H2,(H,16,17). The molecule has 1 aromatic carbocycles. The molecule has 0 aliphatic heterocycles. The van der Waals surface area contributed by atoms with Crippen molar-refractivity contribution in [2.24, 2.45) is 5.73 Å². The zero-order valence-electron chi connectivity index (χ0n) is 10.1. The van der Waals surface area contributed by atoms with Gasteiger partial charge in [-0.1, -0.05) is 17.7 Å². The fraction of sp³-hybridized carbons (Fsp3) is 0.462. The van der Waals surface area contributed by atoms with Crippen LogP contribution in [0.5, 0.6) is 5.75 Å². The molecule has 0 spiro atoms. The number of ether oxygens (including phenoxy) is 1. The average molecular weight is 269 g/mol. The minimum atomic E-state index is 0.0437. The van der Waals surface area contributed by atoms with Crippen molar-refractivity contribution >= 4 is 17.5 Å². The largest absolute Gasteiger partial charge is 0.493 e. The van der Waals surface area contributed by atoms with Crippen LogP contribution in [0.1, 0.15) is 24.8 Å². The Morgan fingerprint density at radius 1 is 1.50 bits per heavy atom. The summed E-state index contributed by atoms with van der Waals surface area (Å²) in [5, 5.41) is 3.50. The molecule has 0 aromatic heterocycles. The Hall–Kier alpha value is -1.26. The van der Waals surface area contributed by atoms with Gasteiger partial charge in [-0.05, 0) is 30.5 Å². The van der Waals surface area contributed by atoms with E-state index in [4.69, 9.17) is 22.1 Å². The van der Waals surface area contributed by atoms with E-state index in [2.05, 4.69) is 5.32 Å². The van der Waals surface area contributed by atoms with Crippen LogP contribution in [0.25, 0.3) is 0 Å². The molecule has 1 fully saturated rings. The van der Waals surface area contributed by atoms with Gasteiger partial charge in [-0.2, -0.15) is 0 Å². The van der Waals surface area contributed by atoms with Crippen LogP contribution in [0, 0.1) is 0 Å². The number of hydrogen-bond acceptors (Lipinski definition) is 3.